The van der Waals surface area contributed by atoms with E-state index in [-0.39, 0.29) is 18.2 Å². The maximum absolute atomic E-state index is 11.9. The van der Waals surface area contributed by atoms with E-state index in [2.05, 4.69) is 4.72 Å². The first-order valence-corrected chi connectivity index (χ1v) is 7.78. The monoisotopic (exact) mass is 269 g/mol. The van der Waals surface area contributed by atoms with E-state index < -0.39 is 15.6 Å². The van der Waals surface area contributed by atoms with Gasteiger partial charge in [0, 0.05) is 6.54 Å². The second-order valence-electron chi connectivity index (χ2n) is 5.20. The zero-order valence-corrected chi connectivity index (χ0v) is 11.3. The van der Waals surface area contributed by atoms with Crippen molar-refractivity contribution in [3.8, 4) is 0 Å². The highest BCUT2D eigenvalue weighted by Crippen LogP contribution is 2.39. The first kappa shape index (κ1) is 13.5. The molecule has 0 aromatic heterocycles. The van der Waals surface area contributed by atoms with Gasteiger partial charge in [0.05, 0.1) is 11.4 Å². The molecule has 4 nitrogen and oxygen atoms in total. The van der Waals surface area contributed by atoms with Gasteiger partial charge in [-0.2, -0.15) is 0 Å². The van der Waals surface area contributed by atoms with Crippen molar-refractivity contribution < 1.29 is 13.5 Å². The van der Waals surface area contributed by atoms with Gasteiger partial charge in [-0.25, -0.2) is 13.1 Å². The molecule has 1 aromatic rings. The summed E-state index contributed by atoms with van der Waals surface area (Å²) in [6.45, 7) is 1.78. The summed E-state index contributed by atoms with van der Waals surface area (Å²) in [5.74, 6) is 0.186. The van der Waals surface area contributed by atoms with Crippen molar-refractivity contribution in [1.29, 1.82) is 0 Å². The number of rotatable bonds is 6. The average Bonchev–Trinajstić information content (AvgIpc) is 3.12. The van der Waals surface area contributed by atoms with E-state index in [0.29, 0.717) is 0 Å². The molecule has 5 heteroatoms. The first-order chi connectivity index (χ1) is 8.39. The van der Waals surface area contributed by atoms with E-state index in [9.17, 15) is 13.5 Å². The molecule has 1 atom stereocenters. The summed E-state index contributed by atoms with van der Waals surface area (Å²) in [6.07, 6.45) is 1.96. The van der Waals surface area contributed by atoms with Crippen molar-refractivity contribution in [2.75, 3.05) is 6.54 Å². The molecule has 2 rings (SSSR count). The largest absolute Gasteiger partial charge is 0.389 e. The number of hydrogen-bond donors (Lipinski definition) is 2. The Labute approximate surface area is 108 Å². The van der Waals surface area contributed by atoms with Crippen LogP contribution in [0.1, 0.15) is 25.3 Å². The lowest BCUT2D eigenvalue weighted by Crippen LogP contribution is -2.42. The number of benzene rings is 1. The highest BCUT2D eigenvalue weighted by molar-refractivity contribution is 7.88. The van der Waals surface area contributed by atoms with Gasteiger partial charge in [-0.1, -0.05) is 30.3 Å². The molecule has 0 spiro atoms. The standard InChI is InChI=1S/C13H19NO3S/c1-13(15,12-7-8-12)10-14-18(16,17)9-11-5-3-2-4-6-11/h2-6,12,14-15H,7-10H2,1H3. The van der Waals surface area contributed by atoms with Gasteiger partial charge in [0.1, 0.15) is 0 Å². The second-order valence-corrected chi connectivity index (χ2v) is 7.00. The molecule has 1 aliphatic carbocycles. The van der Waals surface area contributed by atoms with Crippen LogP contribution in [0.3, 0.4) is 0 Å². The Morgan fingerprint density at radius 1 is 1.33 bits per heavy atom. The Morgan fingerprint density at radius 2 is 1.94 bits per heavy atom. The molecule has 1 unspecified atom stereocenters. The molecule has 1 saturated carbocycles. The van der Waals surface area contributed by atoms with Gasteiger partial charge in [-0.05, 0) is 31.2 Å². The highest BCUT2D eigenvalue weighted by atomic mass is 32.2. The summed E-state index contributed by atoms with van der Waals surface area (Å²) < 4.78 is 26.2. The molecule has 100 valence electrons. The number of hydrogen-bond acceptors (Lipinski definition) is 3. The lowest BCUT2D eigenvalue weighted by molar-refractivity contribution is 0.0422. The van der Waals surface area contributed by atoms with Gasteiger partial charge >= 0.3 is 0 Å². The molecular formula is C13H19NO3S. The minimum absolute atomic E-state index is 0.0470. The summed E-state index contributed by atoms with van der Waals surface area (Å²) >= 11 is 0. The van der Waals surface area contributed by atoms with Crippen LogP contribution in [-0.2, 0) is 15.8 Å². The SMILES string of the molecule is CC(O)(CNS(=O)(=O)Cc1ccccc1)C1CC1. The van der Waals surface area contributed by atoms with Crippen molar-refractivity contribution in [2.45, 2.75) is 31.1 Å². The Hall–Kier alpha value is -0.910. The third-order valence-electron chi connectivity index (χ3n) is 3.31. The van der Waals surface area contributed by atoms with Crippen LogP contribution in [0, 0.1) is 5.92 Å². The zero-order chi connectivity index (χ0) is 13.2. The minimum Gasteiger partial charge on any atom is -0.389 e. The maximum Gasteiger partial charge on any atom is 0.215 e. The summed E-state index contributed by atoms with van der Waals surface area (Å²) in [5.41, 5.74) is -0.180. The van der Waals surface area contributed by atoms with Crippen LogP contribution >= 0.6 is 0 Å². The van der Waals surface area contributed by atoms with E-state index in [4.69, 9.17) is 0 Å². The topological polar surface area (TPSA) is 66.4 Å². The van der Waals surface area contributed by atoms with Crippen molar-refractivity contribution in [1.82, 2.24) is 4.72 Å². The summed E-state index contributed by atoms with van der Waals surface area (Å²) in [7, 11) is -3.38. The Bertz CT molecular complexity index is 492. The maximum atomic E-state index is 11.9. The number of nitrogens with one attached hydrogen (secondary N) is 1. The third kappa shape index (κ3) is 3.80. The van der Waals surface area contributed by atoms with Crippen LogP contribution in [0.2, 0.25) is 0 Å². The Kier molecular flexibility index (Phi) is 3.75. The smallest absolute Gasteiger partial charge is 0.215 e. The summed E-state index contributed by atoms with van der Waals surface area (Å²) in [6, 6.07) is 9.02. The highest BCUT2D eigenvalue weighted by Gasteiger charge is 2.40. The molecule has 1 aliphatic rings. The van der Waals surface area contributed by atoms with Crippen LogP contribution in [0.15, 0.2) is 30.3 Å². The van der Waals surface area contributed by atoms with Crippen LogP contribution in [0.5, 0.6) is 0 Å². The molecular weight excluding hydrogens is 250 g/mol. The van der Waals surface area contributed by atoms with Crippen molar-refractivity contribution in [2.24, 2.45) is 5.92 Å². The molecule has 2 N–H and O–H groups in total. The molecule has 18 heavy (non-hydrogen) atoms. The van der Waals surface area contributed by atoms with Crippen LogP contribution in [-0.4, -0.2) is 25.7 Å². The molecule has 0 amide bonds. The lowest BCUT2D eigenvalue weighted by Gasteiger charge is -2.23. The molecule has 0 saturated heterocycles. The molecule has 0 radical (unpaired) electrons. The normalized spacial score (nSPS) is 19.4. The minimum atomic E-state index is -3.38. The predicted octanol–water partition coefficient (Wildman–Crippen LogP) is 1.27. The van der Waals surface area contributed by atoms with Gasteiger partial charge < -0.3 is 5.11 Å². The number of sulfonamides is 1. The fourth-order valence-electron chi connectivity index (χ4n) is 1.95. The fraction of sp³-hybridized carbons (Fsp3) is 0.538. The lowest BCUT2D eigenvalue weighted by atomic mass is 10.0. The first-order valence-electron chi connectivity index (χ1n) is 6.13. The average molecular weight is 269 g/mol. The molecule has 1 fully saturated rings. The fourth-order valence-corrected chi connectivity index (χ4v) is 3.20. The Balaban J connectivity index is 1.91. The van der Waals surface area contributed by atoms with E-state index in [1.807, 2.05) is 18.2 Å². The van der Waals surface area contributed by atoms with E-state index >= 15 is 0 Å². The summed E-state index contributed by atoms with van der Waals surface area (Å²) in [5, 5.41) is 10.1. The van der Waals surface area contributed by atoms with Gasteiger partial charge in [0.2, 0.25) is 10.0 Å². The molecule has 0 heterocycles. The molecule has 0 aliphatic heterocycles. The molecule has 1 aromatic carbocycles. The van der Waals surface area contributed by atoms with Gasteiger partial charge in [-0.15, -0.1) is 0 Å². The van der Waals surface area contributed by atoms with E-state index in [0.717, 1.165) is 18.4 Å². The quantitative estimate of drug-likeness (QED) is 0.817. The van der Waals surface area contributed by atoms with E-state index in [1.165, 1.54) is 0 Å². The second kappa shape index (κ2) is 4.99. The third-order valence-corrected chi connectivity index (χ3v) is 4.60. The van der Waals surface area contributed by atoms with Crippen LogP contribution < -0.4 is 4.72 Å². The van der Waals surface area contributed by atoms with Crippen molar-refractivity contribution in [3.63, 3.8) is 0 Å². The van der Waals surface area contributed by atoms with Gasteiger partial charge in [-0.3, -0.25) is 0 Å². The zero-order valence-electron chi connectivity index (χ0n) is 10.5. The van der Waals surface area contributed by atoms with Crippen molar-refractivity contribution >= 4 is 10.0 Å². The summed E-state index contributed by atoms with van der Waals surface area (Å²) in [4.78, 5) is 0. The van der Waals surface area contributed by atoms with Gasteiger partial charge in [0.25, 0.3) is 0 Å². The van der Waals surface area contributed by atoms with Crippen molar-refractivity contribution in [3.05, 3.63) is 35.9 Å². The predicted molar refractivity (Wildman–Crippen MR) is 70.4 cm³/mol. The van der Waals surface area contributed by atoms with Crippen LogP contribution in [0.4, 0.5) is 0 Å². The number of aliphatic hydroxyl groups is 1. The molecule has 0 bridgehead atoms. The van der Waals surface area contributed by atoms with Gasteiger partial charge in [0.15, 0.2) is 0 Å². The van der Waals surface area contributed by atoms with Crippen LogP contribution in [0.25, 0.3) is 0 Å². The Morgan fingerprint density at radius 3 is 2.50 bits per heavy atom. The van der Waals surface area contributed by atoms with E-state index in [1.54, 1.807) is 19.1 Å².